The summed E-state index contributed by atoms with van der Waals surface area (Å²) in [5, 5.41) is 3.51. The van der Waals surface area contributed by atoms with Gasteiger partial charge in [0.25, 0.3) is 0 Å². The molecule has 0 aromatic rings. The molecule has 0 spiro atoms. The molecule has 0 bridgehead atoms. The quantitative estimate of drug-likeness (QED) is 0.726. The molecule has 0 aliphatic heterocycles. The van der Waals surface area contributed by atoms with Gasteiger partial charge in [0.2, 0.25) is 0 Å². The largest absolute Gasteiger partial charge is 0.312 e. The van der Waals surface area contributed by atoms with E-state index in [1.54, 1.807) is 6.92 Å². The van der Waals surface area contributed by atoms with E-state index in [-0.39, 0.29) is 0 Å². The number of hydrogen-bond donors (Lipinski definition) is 1. The summed E-state index contributed by atoms with van der Waals surface area (Å²) in [7, 11) is 0. The molecule has 13 heavy (non-hydrogen) atoms. The number of hydrogen-bond acceptors (Lipinski definition) is 2. The van der Waals surface area contributed by atoms with Crippen molar-refractivity contribution >= 4 is 5.78 Å². The lowest BCUT2D eigenvalue weighted by Gasteiger charge is -2.29. The molecule has 0 aromatic carbocycles. The van der Waals surface area contributed by atoms with Crippen molar-refractivity contribution < 1.29 is 4.79 Å². The summed E-state index contributed by atoms with van der Waals surface area (Å²) < 4.78 is 0. The lowest BCUT2D eigenvalue weighted by Crippen LogP contribution is -2.39. The first kappa shape index (κ1) is 10.7. The van der Waals surface area contributed by atoms with Gasteiger partial charge < -0.3 is 5.32 Å². The van der Waals surface area contributed by atoms with Gasteiger partial charge in [0.15, 0.2) is 0 Å². The summed E-state index contributed by atoms with van der Waals surface area (Å²) in [4.78, 5) is 11.2. The second-order valence-corrected chi connectivity index (χ2v) is 4.49. The predicted octanol–water partition coefficient (Wildman–Crippen LogP) is 2.13. The minimum atomic E-state index is 0.324. The molecule has 0 heterocycles. The van der Waals surface area contributed by atoms with Crippen LogP contribution in [0.1, 0.15) is 46.5 Å². The Morgan fingerprint density at radius 2 is 2.08 bits per heavy atom. The topological polar surface area (TPSA) is 29.1 Å². The van der Waals surface area contributed by atoms with Crippen molar-refractivity contribution in [3.63, 3.8) is 0 Å². The lowest BCUT2D eigenvalue weighted by molar-refractivity contribution is -0.121. The van der Waals surface area contributed by atoms with Crippen LogP contribution in [0.25, 0.3) is 0 Å². The SMILES string of the molecule is CC(=O)C1CCCC(NC(C)C)C1. The van der Waals surface area contributed by atoms with E-state index in [2.05, 4.69) is 19.2 Å². The minimum absolute atomic E-state index is 0.324. The molecular weight excluding hydrogens is 162 g/mol. The van der Waals surface area contributed by atoms with Gasteiger partial charge in [0, 0.05) is 18.0 Å². The van der Waals surface area contributed by atoms with Crippen molar-refractivity contribution in [2.24, 2.45) is 5.92 Å². The summed E-state index contributed by atoms with van der Waals surface area (Å²) in [5.74, 6) is 0.695. The van der Waals surface area contributed by atoms with Crippen LogP contribution in [0, 0.1) is 5.92 Å². The highest BCUT2D eigenvalue weighted by Crippen LogP contribution is 2.25. The maximum atomic E-state index is 11.2. The van der Waals surface area contributed by atoms with Gasteiger partial charge >= 0.3 is 0 Å². The molecule has 1 aliphatic rings. The van der Waals surface area contributed by atoms with Crippen molar-refractivity contribution in [3.8, 4) is 0 Å². The average Bonchev–Trinajstić information content (AvgIpc) is 2.03. The molecule has 1 N–H and O–H groups in total. The van der Waals surface area contributed by atoms with E-state index in [4.69, 9.17) is 0 Å². The Bertz CT molecular complexity index is 177. The van der Waals surface area contributed by atoms with Crippen LogP contribution in [0.5, 0.6) is 0 Å². The zero-order valence-corrected chi connectivity index (χ0v) is 8.97. The molecule has 1 rings (SSSR count). The van der Waals surface area contributed by atoms with Gasteiger partial charge in [-0.15, -0.1) is 0 Å². The summed E-state index contributed by atoms with van der Waals surface area (Å²) in [6, 6.07) is 1.11. The molecule has 0 saturated heterocycles. The smallest absolute Gasteiger partial charge is 0.132 e. The predicted molar refractivity (Wildman–Crippen MR) is 54.7 cm³/mol. The van der Waals surface area contributed by atoms with Gasteiger partial charge in [-0.1, -0.05) is 20.3 Å². The second kappa shape index (κ2) is 4.75. The molecule has 1 aliphatic carbocycles. The molecular formula is C11H21NO. The number of carbonyl (C=O) groups excluding carboxylic acids is 1. The summed E-state index contributed by atoms with van der Waals surface area (Å²) in [6.07, 6.45) is 4.59. The highest BCUT2D eigenvalue weighted by Gasteiger charge is 2.24. The van der Waals surface area contributed by atoms with Crippen LogP contribution in [-0.2, 0) is 4.79 Å². The lowest BCUT2D eigenvalue weighted by atomic mass is 9.83. The maximum Gasteiger partial charge on any atom is 0.132 e. The Kier molecular flexibility index (Phi) is 3.91. The fourth-order valence-electron chi connectivity index (χ4n) is 2.18. The molecule has 2 atom stereocenters. The molecule has 0 radical (unpaired) electrons. The first-order chi connectivity index (χ1) is 6.09. The minimum Gasteiger partial charge on any atom is -0.312 e. The molecule has 2 unspecified atom stereocenters. The highest BCUT2D eigenvalue weighted by atomic mass is 16.1. The van der Waals surface area contributed by atoms with E-state index in [9.17, 15) is 4.79 Å². The van der Waals surface area contributed by atoms with Crippen LogP contribution in [0.3, 0.4) is 0 Å². The van der Waals surface area contributed by atoms with Crippen molar-refractivity contribution in [2.75, 3.05) is 0 Å². The van der Waals surface area contributed by atoms with Gasteiger partial charge in [-0.2, -0.15) is 0 Å². The van der Waals surface area contributed by atoms with Gasteiger partial charge in [-0.25, -0.2) is 0 Å². The fraction of sp³-hybridized carbons (Fsp3) is 0.909. The number of ketones is 1. The second-order valence-electron chi connectivity index (χ2n) is 4.49. The van der Waals surface area contributed by atoms with E-state index in [1.807, 2.05) is 0 Å². The molecule has 0 aromatic heterocycles. The monoisotopic (exact) mass is 183 g/mol. The van der Waals surface area contributed by atoms with E-state index < -0.39 is 0 Å². The van der Waals surface area contributed by atoms with E-state index in [1.165, 1.54) is 12.8 Å². The van der Waals surface area contributed by atoms with Gasteiger partial charge in [-0.05, 0) is 26.2 Å². The van der Waals surface area contributed by atoms with Crippen LogP contribution in [0.4, 0.5) is 0 Å². The first-order valence-corrected chi connectivity index (χ1v) is 5.36. The van der Waals surface area contributed by atoms with Crippen molar-refractivity contribution in [2.45, 2.75) is 58.5 Å². The average molecular weight is 183 g/mol. The summed E-state index contributed by atoms with van der Waals surface area (Å²) in [6.45, 7) is 6.05. The van der Waals surface area contributed by atoms with Crippen LogP contribution in [0.2, 0.25) is 0 Å². The van der Waals surface area contributed by atoms with Gasteiger partial charge in [-0.3, -0.25) is 4.79 Å². The number of Topliss-reactive ketones (excluding diaryl/α,β-unsaturated/α-hetero) is 1. The molecule has 76 valence electrons. The Hall–Kier alpha value is -0.370. The molecule has 0 amide bonds. The van der Waals surface area contributed by atoms with Crippen LogP contribution >= 0.6 is 0 Å². The van der Waals surface area contributed by atoms with E-state index in [0.29, 0.717) is 23.8 Å². The first-order valence-electron chi connectivity index (χ1n) is 5.36. The van der Waals surface area contributed by atoms with Crippen LogP contribution in [-0.4, -0.2) is 17.9 Å². The zero-order valence-electron chi connectivity index (χ0n) is 8.97. The van der Waals surface area contributed by atoms with Gasteiger partial charge in [0.1, 0.15) is 5.78 Å². The molecule has 2 nitrogen and oxygen atoms in total. The molecule has 2 heteroatoms. The third-order valence-electron chi connectivity index (χ3n) is 2.82. The van der Waals surface area contributed by atoms with Crippen molar-refractivity contribution in [3.05, 3.63) is 0 Å². The third kappa shape index (κ3) is 3.47. The normalized spacial score (nSPS) is 29.2. The Morgan fingerprint density at radius 1 is 1.38 bits per heavy atom. The van der Waals surface area contributed by atoms with Crippen molar-refractivity contribution in [1.29, 1.82) is 0 Å². The zero-order chi connectivity index (χ0) is 9.84. The maximum absolute atomic E-state index is 11.2. The number of nitrogens with one attached hydrogen (secondary N) is 1. The Morgan fingerprint density at radius 3 is 2.62 bits per heavy atom. The molecule has 1 saturated carbocycles. The Balaban J connectivity index is 2.37. The number of rotatable bonds is 3. The highest BCUT2D eigenvalue weighted by molar-refractivity contribution is 5.78. The molecule has 1 fully saturated rings. The standard InChI is InChI=1S/C11H21NO/c1-8(2)12-11-6-4-5-10(7-11)9(3)13/h8,10-12H,4-7H2,1-3H3. The van der Waals surface area contributed by atoms with Crippen molar-refractivity contribution in [1.82, 2.24) is 5.32 Å². The van der Waals surface area contributed by atoms with Gasteiger partial charge in [0.05, 0.1) is 0 Å². The summed E-state index contributed by atoms with van der Waals surface area (Å²) in [5.41, 5.74) is 0. The van der Waals surface area contributed by atoms with Crippen LogP contribution in [0.15, 0.2) is 0 Å². The van der Waals surface area contributed by atoms with E-state index in [0.717, 1.165) is 12.8 Å². The van der Waals surface area contributed by atoms with Crippen LogP contribution < -0.4 is 5.32 Å². The third-order valence-corrected chi connectivity index (χ3v) is 2.82. The Labute approximate surface area is 81.1 Å². The number of carbonyl (C=O) groups is 1. The van der Waals surface area contributed by atoms with E-state index >= 15 is 0 Å². The fourth-order valence-corrected chi connectivity index (χ4v) is 2.18. The summed E-state index contributed by atoms with van der Waals surface area (Å²) >= 11 is 0.